The van der Waals surface area contributed by atoms with E-state index in [4.69, 9.17) is 9.84 Å². The van der Waals surface area contributed by atoms with E-state index in [-0.39, 0.29) is 30.3 Å². The zero-order valence-corrected chi connectivity index (χ0v) is 18.3. The molecular formula is C22H28N4O3S. The lowest BCUT2D eigenvalue weighted by Gasteiger charge is -2.32. The van der Waals surface area contributed by atoms with Gasteiger partial charge < -0.3 is 14.2 Å². The molecule has 4 rings (SSSR count). The Morgan fingerprint density at radius 1 is 1.30 bits per heavy atom. The number of aryl methyl sites for hydroxylation is 1. The highest BCUT2D eigenvalue weighted by molar-refractivity contribution is 7.12. The second kappa shape index (κ2) is 9.14. The largest absolute Gasteiger partial charge is 0.383 e. The van der Waals surface area contributed by atoms with E-state index in [9.17, 15) is 9.59 Å². The molecule has 2 aromatic heterocycles. The summed E-state index contributed by atoms with van der Waals surface area (Å²) in [5.41, 5.74) is 1.95. The average molecular weight is 429 g/mol. The standard InChI is InChI=1S/C22H28N4O3S/c1-24-10-4-8-18(24)19-14-17(20-9-5-13-30-20)23-26(19)21(27)15-25(11-12-29-2)22(28)16-6-3-7-16/h4-5,8-10,13,16,19H,3,6-7,11-12,14-15H2,1-2H3/t19-/m0/s1. The molecule has 0 spiro atoms. The molecular weight excluding hydrogens is 400 g/mol. The van der Waals surface area contributed by atoms with Crippen molar-refractivity contribution in [1.29, 1.82) is 0 Å². The molecule has 8 heteroatoms. The monoisotopic (exact) mass is 428 g/mol. The van der Waals surface area contributed by atoms with E-state index >= 15 is 0 Å². The number of hydrazone groups is 1. The van der Waals surface area contributed by atoms with Gasteiger partial charge in [0.05, 0.1) is 17.2 Å². The van der Waals surface area contributed by atoms with Gasteiger partial charge in [0.2, 0.25) is 5.91 Å². The van der Waals surface area contributed by atoms with Crippen molar-refractivity contribution in [2.45, 2.75) is 31.7 Å². The second-order valence-corrected chi connectivity index (χ2v) is 8.85. The molecule has 1 atom stereocenters. The van der Waals surface area contributed by atoms with Crippen molar-refractivity contribution in [3.05, 3.63) is 46.4 Å². The number of aromatic nitrogens is 1. The normalized spacial score (nSPS) is 18.9. The summed E-state index contributed by atoms with van der Waals surface area (Å²) >= 11 is 1.63. The molecule has 1 aliphatic heterocycles. The number of hydrogen-bond donors (Lipinski definition) is 0. The third-order valence-corrected chi connectivity index (χ3v) is 6.87. The lowest BCUT2D eigenvalue weighted by Crippen LogP contribution is -2.46. The molecule has 30 heavy (non-hydrogen) atoms. The molecule has 1 saturated carbocycles. The topological polar surface area (TPSA) is 67.1 Å². The first-order valence-electron chi connectivity index (χ1n) is 10.4. The third-order valence-electron chi connectivity index (χ3n) is 5.95. The highest BCUT2D eigenvalue weighted by Gasteiger charge is 2.37. The Hall–Kier alpha value is -2.45. The van der Waals surface area contributed by atoms with Crippen LogP contribution in [-0.4, -0.2) is 58.8 Å². The van der Waals surface area contributed by atoms with E-state index in [1.165, 1.54) is 0 Å². The van der Waals surface area contributed by atoms with Crippen molar-refractivity contribution in [3.63, 3.8) is 0 Å². The first-order chi connectivity index (χ1) is 14.6. The van der Waals surface area contributed by atoms with Crippen LogP contribution in [0.1, 0.15) is 42.3 Å². The SMILES string of the molecule is COCCN(CC(=O)N1N=C(c2cccs2)C[C@H]1c1cccn1C)C(=O)C1CCC1. The van der Waals surface area contributed by atoms with Gasteiger partial charge in [-0.25, -0.2) is 5.01 Å². The van der Waals surface area contributed by atoms with E-state index < -0.39 is 0 Å². The van der Waals surface area contributed by atoms with Crippen molar-refractivity contribution in [3.8, 4) is 0 Å². The Morgan fingerprint density at radius 2 is 2.13 bits per heavy atom. The molecule has 0 N–H and O–H groups in total. The van der Waals surface area contributed by atoms with Crippen LogP contribution >= 0.6 is 11.3 Å². The summed E-state index contributed by atoms with van der Waals surface area (Å²) in [6.45, 7) is 0.860. The van der Waals surface area contributed by atoms with Crippen molar-refractivity contribution in [2.75, 3.05) is 26.8 Å². The molecule has 0 unspecified atom stereocenters. The quantitative estimate of drug-likeness (QED) is 0.649. The highest BCUT2D eigenvalue weighted by Crippen LogP contribution is 2.34. The molecule has 2 aromatic rings. The van der Waals surface area contributed by atoms with Gasteiger partial charge >= 0.3 is 0 Å². The molecule has 0 radical (unpaired) electrons. The van der Waals surface area contributed by atoms with Crippen molar-refractivity contribution in [2.24, 2.45) is 18.1 Å². The van der Waals surface area contributed by atoms with E-state index in [0.717, 1.165) is 35.5 Å². The van der Waals surface area contributed by atoms with Crippen LogP contribution in [0.3, 0.4) is 0 Å². The van der Waals surface area contributed by atoms with Crippen LogP contribution in [0, 0.1) is 5.92 Å². The maximum Gasteiger partial charge on any atom is 0.262 e. The number of thiophene rings is 1. The fraction of sp³-hybridized carbons (Fsp3) is 0.500. The molecule has 2 amide bonds. The number of methoxy groups -OCH3 is 1. The average Bonchev–Trinajstić information content (AvgIpc) is 3.42. The summed E-state index contributed by atoms with van der Waals surface area (Å²) in [5.74, 6) is -0.0534. The summed E-state index contributed by atoms with van der Waals surface area (Å²) in [5, 5.41) is 8.31. The molecule has 0 saturated heterocycles. The van der Waals surface area contributed by atoms with Crippen LogP contribution < -0.4 is 0 Å². The first-order valence-corrected chi connectivity index (χ1v) is 11.3. The number of carbonyl (C=O) groups is 2. The Balaban J connectivity index is 1.56. The van der Waals surface area contributed by atoms with E-state index in [0.29, 0.717) is 19.6 Å². The summed E-state index contributed by atoms with van der Waals surface area (Å²) in [6.07, 6.45) is 5.54. The third kappa shape index (κ3) is 4.20. The zero-order valence-electron chi connectivity index (χ0n) is 17.5. The minimum absolute atomic E-state index is 0.0286. The van der Waals surface area contributed by atoms with Crippen molar-refractivity contribution < 1.29 is 14.3 Å². The summed E-state index contributed by atoms with van der Waals surface area (Å²) < 4.78 is 7.20. The number of rotatable bonds is 8. The maximum absolute atomic E-state index is 13.4. The molecule has 3 heterocycles. The molecule has 1 aliphatic carbocycles. The van der Waals surface area contributed by atoms with Crippen LogP contribution in [0.15, 0.2) is 40.9 Å². The van der Waals surface area contributed by atoms with Crippen molar-refractivity contribution >= 4 is 28.9 Å². The first kappa shape index (κ1) is 20.8. The number of carbonyl (C=O) groups excluding carboxylic acids is 2. The molecule has 0 aromatic carbocycles. The lowest BCUT2D eigenvalue weighted by atomic mass is 9.84. The number of hydrogen-bond acceptors (Lipinski definition) is 5. The van der Waals surface area contributed by atoms with Crippen LogP contribution in [0.25, 0.3) is 0 Å². The minimum Gasteiger partial charge on any atom is -0.383 e. The van der Waals surface area contributed by atoms with Gasteiger partial charge in [0.1, 0.15) is 12.6 Å². The molecule has 0 bridgehead atoms. The number of ether oxygens (including phenoxy) is 1. The predicted octanol–water partition coefficient (Wildman–Crippen LogP) is 3.04. The van der Waals surface area contributed by atoms with Crippen LogP contribution in [0.5, 0.6) is 0 Å². The van der Waals surface area contributed by atoms with Crippen LogP contribution in [0.4, 0.5) is 0 Å². The highest BCUT2D eigenvalue weighted by atomic mass is 32.1. The van der Waals surface area contributed by atoms with Crippen LogP contribution in [-0.2, 0) is 21.4 Å². The van der Waals surface area contributed by atoms with Gasteiger partial charge in [-0.3, -0.25) is 9.59 Å². The Bertz CT molecular complexity index is 917. The zero-order chi connectivity index (χ0) is 21.1. The molecule has 2 aliphatic rings. The van der Waals surface area contributed by atoms with E-state index in [1.54, 1.807) is 28.4 Å². The Morgan fingerprint density at radius 3 is 2.73 bits per heavy atom. The van der Waals surface area contributed by atoms with Gasteiger partial charge in [-0.1, -0.05) is 12.5 Å². The van der Waals surface area contributed by atoms with Gasteiger partial charge in [0, 0.05) is 44.9 Å². The second-order valence-electron chi connectivity index (χ2n) is 7.91. The summed E-state index contributed by atoms with van der Waals surface area (Å²) in [6, 6.07) is 7.86. The molecule has 7 nitrogen and oxygen atoms in total. The summed E-state index contributed by atoms with van der Waals surface area (Å²) in [7, 11) is 3.59. The molecule has 160 valence electrons. The van der Waals surface area contributed by atoms with E-state index in [2.05, 4.69) is 0 Å². The maximum atomic E-state index is 13.4. The fourth-order valence-electron chi connectivity index (χ4n) is 4.00. The van der Waals surface area contributed by atoms with Crippen molar-refractivity contribution in [1.82, 2.24) is 14.5 Å². The van der Waals surface area contributed by atoms with Gasteiger partial charge in [-0.2, -0.15) is 5.10 Å². The number of amides is 2. The van der Waals surface area contributed by atoms with Crippen LogP contribution in [0.2, 0.25) is 0 Å². The minimum atomic E-state index is -0.169. The summed E-state index contributed by atoms with van der Waals surface area (Å²) in [4.78, 5) is 28.9. The van der Waals surface area contributed by atoms with Gasteiger partial charge in [0.15, 0.2) is 0 Å². The number of nitrogens with zero attached hydrogens (tertiary/aromatic N) is 4. The predicted molar refractivity (Wildman–Crippen MR) is 116 cm³/mol. The van der Waals surface area contributed by atoms with Gasteiger partial charge in [-0.15, -0.1) is 11.3 Å². The Kier molecular flexibility index (Phi) is 6.34. The molecule has 1 fully saturated rings. The van der Waals surface area contributed by atoms with Gasteiger partial charge in [0.25, 0.3) is 5.91 Å². The fourth-order valence-corrected chi connectivity index (χ4v) is 4.72. The Labute approximate surface area is 180 Å². The smallest absolute Gasteiger partial charge is 0.262 e. The van der Waals surface area contributed by atoms with E-state index in [1.807, 2.05) is 47.5 Å². The van der Waals surface area contributed by atoms with Gasteiger partial charge in [-0.05, 0) is 36.4 Å². The lowest BCUT2D eigenvalue weighted by molar-refractivity contribution is -0.146.